The first-order valence-electron chi connectivity index (χ1n) is 4.18. The summed E-state index contributed by atoms with van der Waals surface area (Å²) in [6.45, 7) is 0.741. The molecule has 4 atom stereocenters. The van der Waals surface area contributed by atoms with Crippen molar-refractivity contribution in [3.63, 3.8) is 0 Å². The van der Waals surface area contributed by atoms with Crippen LogP contribution in [0.4, 0.5) is 4.39 Å². The van der Waals surface area contributed by atoms with Crippen molar-refractivity contribution in [2.75, 3.05) is 6.54 Å². The molecular formula is C7H11BFN2O. The molecule has 0 amide bonds. The smallest absolute Gasteiger partial charge is 0.293 e. The zero-order chi connectivity index (χ0) is 8.72. The van der Waals surface area contributed by atoms with Crippen molar-refractivity contribution in [2.24, 2.45) is 11.7 Å². The Labute approximate surface area is 71.4 Å². The Morgan fingerprint density at radius 2 is 2.42 bits per heavy atom. The largest absolute Gasteiger partial charge is 0.334 e. The number of hydrogen-bond donors (Lipinski definition) is 1. The number of alkyl halides is 1. The van der Waals surface area contributed by atoms with E-state index < -0.39 is 6.17 Å². The van der Waals surface area contributed by atoms with E-state index in [1.807, 2.05) is 0 Å². The number of carbonyl (C=O) groups is 1. The van der Waals surface area contributed by atoms with Crippen LogP contribution in [0.1, 0.15) is 6.42 Å². The lowest BCUT2D eigenvalue weighted by Crippen LogP contribution is -2.51. The van der Waals surface area contributed by atoms with Crippen molar-refractivity contribution in [3.05, 3.63) is 0 Å². The molecule has 0 aromatic rings. The topological polar surface area (TPSA) is 46.3 Å². The van der Waals surface area contributed by atoms with Gasteiger partial charge < -0.3 is 15.3 Å². The summed E-state index contributed by atoms with van der Waals surface area (Å²) in [6.07, 6.45) is 0.547. The predicted octanol–water partition coefficient (Wildman–Crippen LogP) is -0.835. The van der Waals surface area contributed by atoms with E-state index >= 15 is 0 Å². The molecule has 1 aliphatic carbocycles. The van der Waals surface area contributed by atoms with E-state index in [2.05, 4.69) is 0 Å². The van der Waals surface area contributed by atoms with Gasteiger partial charge in [-0.2, -0.15) is 0 Å². The Kier molecular flexibility index (Phi) is 1.92. The number of halogens is 1. The molecule has 1 radical (unpaired) electrons. The third kappa shape index (κ3) is 1.000. The molecule has 12 heavy (non-hydrogen) atoms. The van der Waals surface area contributed by atoms with Crippen LogP contribution in [0.5, 0.6) is 0 Å². The van der Waals surface area contributed by atoms with Gasteiger partial charge in [0.15, 0.2) is 0 Å². The van der Waals surface area contributed by atoms with Gasteiger partial charge in [-0.1, -0.05) is 0 Å². The second-order valence-electron chi connectivity index (χ2n) is 3.57. The van der Waals surface area contributed by atoms with Crippen LogP contribution < -0.4 is 5.73 Å². The van der Waals surface area contributed by atoms with Crippen LogP contribution in [0.25, 0.3) is 0 Å². The van der Waals surface area contributed by atoms with Gasteiger partial charge in [0.2, 0.25) is 0 Å². The van der Waals surface area contributed by atoms with Crippen LogP contribution in [0.3, 0.4) is 0 Å². The highest BCUT2D eigenvalue weighted by molar-refractivity contribution is 6.64. The lowest BCUT2D eigenvalue weighted by molar-refractivity contribution is 0.167. The summed E-state index contributed by atoms with van der Waals surface area (Å²) >= 11 is 0. The third-order valence-corrected chi connectivity index (χ3v) is 2.95. The second kappa shape index (κ2) is 2.82. The van der Waals surface area contributed by atoms with Crippen LogP contribution in [-0.2, 0) is 4.79 Å². The second-order valence-corrected chi connectivity index (χ2v) is 3.57. The van der Waals surface area contributed by atoms with Gasteiger partial charge >= 0.3 is 0 Å². The van der Waals surface area contributed by atoms with E-state index in [1.165, 1.54) is 7.41 Å². The average molecular weight is 169 g/mol. The minimum atomic E-state index is -0.958. The summed E-state index contributed by atoms with van der Waals surface area (Å²) < 4.78 is 13.3. The first-order valence-corrected chi connectivity index (χ1v) is 4.18. The fourth-order valence-electron chi connectivity index (χ4n) is 2.28. The fraction of sp³-hybridized carbons (Fsp3) is 0.857. The van der Waals surface area contributed by atoms with Gasteiger partial charge in [0.05, 0.1) is 6.19 Å². The summed E-state index contributed by atoms with van der Waals surface area (Å²) in [5.74, 6) is 0.237. The number of carbonyl (C=O) groups excluding carboxylic acids is 1. The Morgan fingerprint density at radius 3 is 2.92 bits per heavy atom. The van der Waals surface area contributed by atoms with Gasteiger partial charge in [0.25, 0.3) is 7.41 Å². The number of piperidine rings is 1. The molecule has 1 aliphatic heterocycles. The summed E-state index contributed by atoms with van der Waals surface area (Å²) in [5, 5.41) is 0. The van der Waals surface area contributed by atoms with Crippen molar-refractivity contribution in [2.45, 2.75) is 24.7 Å². The summed E-state index contributed by atoms with van der Waals surface area (Å²) in [5.41, 5.74) is 5.62. The number of nitrogens with two attached hydrogens (primary N) is 1. The normalized spacial score (nSPS) is 46.5. The maximum Gasteiger partial charge on any atom is 0.293 e. The van der Waals surface area contributed by atoms with Crippen LogP contribution >= 0.6 is 0 Å². The Morgan fingerprint density at radius 1 is 1.67 bits per heavy atom. The Bertz CT molecular complexity index is 202. The molecule has 0 aromatic heterocycles. The van der Waals surface area contributed by atoms with E-state index in [4.69, 9.17) is 5.73 Å². The monoisotopic (exact) mass is 169 g/mol. The Balaban J connectivity index is 2.05. The standard InChI is InChI=1S/C7H11BFN2O/c9-6-5-1-4(7(6)10)2-11(5)8-3-12/h3-7H,1-2,10H2/t4?,5?,6-,7-/m1/s1. The molecule has 2 aliphatic rings. The number of nitrogens with zero attached hydrogens (tertiary/aromatic N) is 1. The molecule has 5 heteroatoms. The van der Waals surface area contributed by atoms with E-state index in [-0.39, 0.29) is 18.0 Å². The summed E-state index contributed by atoms with van der Waals surface area (Å²) in [7, 11) is 1.42. The van der Waals surface area contributed by atoms with Crippen LogP contribution in [-0.4, -0.2) is 43.2 Å². The molecule has 2 N–H and O–H groups in total. The van der Waals surface area contributed by atoms with Gasteiger partial charge in [0.1, 0.15) is 6.17 Å². The lowest BCUT2D eigenvalue weighted by Gasteiger charge is -2.30. The maximum absolute atomic E-state index is 13.3. The molecule has 3 nitrogen and oxygen atoms in total. The highest BCUT2D eigenvalue weighted by atomic mass is 19.1. The van der Waals surface area contributed by atoms with Gasteiger partial charge in [-0.25, -0.2) is 4.39 Å². The van der Waals surface area contributed by atoms with Crippen molar-refractivity contribution in [1.82, 2.24) is 4.81 Å². The zero-order valence-electron chi connectivity index (χ0n) is 6.69. The van der Waals surface area contributed by atoms with Crippen LogP contribution in [0.2, 0.25) is 0 Å². The molecule has 2 bridgehead atoms. The van der Waals surface area contributed by atoms with Gasteiger partial charge in [-0.15, -0.1) is 0 Å². The van der Waals surface area contributed by atoms with Crippen molar-refractivity contribution in [3.8, 4) is 0 Å². The quantitative estimate of drug-likeness (QED) is 0.433. The van der Waals surface area contributed by atoms with E-state index in [9.17, 15) is 9.18 Å². The number of hydrogen-bond acceptors (Lipinski definition) is 3. The zero-order valence-corrected chi connectivity index (χ0v) is 6.69. The minimum absolute atomic E-state index is 0.143. The van der Waals surface area contributed by atoms with Gasteiger partial charge in [0, 0.05) is 12.1 Å². The number of fused-ring (bicyclic) bond motifs is 2. The summed E-state index contributed by atoms with van der Waals surface area (Å²) in [6, 6.07) is -0.457. The van der Waals surface area contributed by atoms with E-state index in [0.29, 0.717) is 6.19 Å². The molecule has 65 valence electrons. The lowest BCUT2D eigenvalue weighted by atomic mass is 9.89. The maximum atomic E-state index is 13.3. The van der Waals surface area contributed by atoms with E-state index in [0.717, 1.165) is 13.0 Å². The highest BCUT2D eigenvalue weighted by Crippen LogP contribution is 2.37. The average Bonchev–Trinajstić information content (AvgIpc) is 2.55. The molecule has 2 unspecified atom stereocenters. The van der Waals surface area contributed by atoms with Crippen LogP contribution in [0.15, 0.2) is 0 Å². The SMILES string of the molecule is N[C@@H]1C2CC([C@H]1F)N([B]C=O)C2. The summed E-state index contributed by atoms with van der Waals surface area (Å²) in [4.78, 5) is 11.9. The molecule has 2 fully saturated rings. The predicted molar refractivity (Wildman–Crippen MR) is 44.0 cm³/mol. The van der Waals surface area contributed by atoms with Crippen molar-refractivity contribution < 1.29 is 9.18 Å². The molecular weight excluding hydrogens is 158 g/mol. The molecule has 1 heterocycles. The molecule has 0 aromatic carbocycles. The van der Waals surface area contributed by atoms with Crippen molar-refractivity contribution in [1.29, 1.82) is 0 Å². The first kappa shape index (κ1) is 8.20. The molecule has 1 saturated carbocycles. The van der Waals surface area contributed by atoms with Crippen LogP contribution in [0, 0.1) is 5.92 Å². The highest BCUT2D eigenvalue weighted by Gasteiger charge is 2.50. The van der Waals surface area contributed by atoms with Gasteiger partial charge in [-0.05, 0) is 18.9 Å². The van der Waals surface area contributed by atoms with Crippen molar-refractivity contribution >= 4 is 13.6 Å². The minimum Gasteiger partial charge on any atom is -0.334 e. The Hall–Kier alpha value is -0.415. The molecule has 1 saturated heterocycles. The fourth-order valence-corrected chi connectivity index (χ4v) is 2.28. The molecule has 2 rings (SSSR count). The van der Waals surface area contributed by atoms with Gasteiger partial charge in [-0.3, -0.25) is 0 Å². The third-order valence-electron chi connectivity index (χ3n) is 2.95. The van der Waals surface area contributed by atoms with E-state index in [1.54, 1.807) is 4.81 Å². The molecule has 0 spiro atoms. The number of rotatable bonds is 2. The first-order chi connectivity index (χ1) is 5.74.